The molecule has 0 unspecified atom stereocenters. The van der Waals surface area contributed by atoms with E-state index in [9.17, 15) is 11.9 Å². The van der Waals surface area contributed by atoms with E-state index in [-0.39, 0.29) is 17.0 Å². The van der Waals surface area contributed by atoms with E-state index in [0.29, 0.717) is 45.7 Å². The largest absolute Gasteiger partial charge is 0.383 e. The number of nitrogens with one attached hydrogen (secondary N) is 2. The fourth-order valence-electron chi connectivity index (χ4n) is 4.04. The number of pyridine rings is 1. The number of anilines is 2. The molecule has 1 fully saturated rings. The Balaban J connectivity index is 1.64. The minimum atomic E-state index is -1.68. The van der Waals surface area contributed by atoms with Crippen LogP contribution in [0.25, 0.3) is 10.9 Å². The van der Waals surface area contributed by atoms with Crippen molar-refractivity contribution >= 4 is 22.3 Å². The van der Waals surface area contributed by atoms with Crippen molar-refractivity contribution in [2.24, 2.45) is 5.41 Å². The number of nitrogens with zero attached hydrogens (tertiary/aromatic N) is 6. The SMILES string of the molecule is [2H][C@@](Nc1cc(F)c2ncc(C#N)c(NCC(C)(C)C)c2c1)(c1cccc(C#N)c1)c1cn(C2CC2)nn1. The molecular formula is C28H27FN8. The van der Waals surface area contributed by atoms with Gasteiger partial charge in [0.2, 0.25) is 0 Å². The molecule has 0 spiro atoms. The van der Waals surface area contributed by atoms with Crippen LogP contribution in [0.15, 0.2) is 48.8 Å². The molecule has 0 bridgehead atoms. The van der Waals surface area contributed by atoms with Gasteiger partial charge in [0.1, 0.15) is 17.3 Å². The van der Waals surface area contributed by atoms with Gasteiger partial charge in [0.25, 0.3) is 0 Å². The lowest BCUT2D eigenvalue weighted by Crippen LogP contribution is -2.20. The third-order valence-corrected chi connectivity index (χ3v) is 6.08. The first-order valence-corrected chi connectivity index (χ1v) is 12.1. The fraction of sp³-hybridized carbons (Fsp3) is 0.321. The van der Waals surface area contributed by atoms with Gasteiger partial charge in [-0.3, -0.25) is 4.98 Å². The average molecular weight is 496 g/mol. The number of nitriles is 2. The van der Waals surface area contributed by atoms with Crippen LogP contribution < -0.4 is 10.6 Å². The summed E-state index contributed by atoms with van der Waals surface area (Å²) in [5.74, 6) is -0.594. The van der Waals surface area contributed by atoms with Crippen LogP contribution in [0, 0.1) is 33.9 Å². The maximum atomic E-state index is 15.4. The van der Waals surface area contributed by atoms with Crippen molar-refractivity contribution < 1.29 is 5.76 Å². The van der Waals surface area contributed by atoms with Gasteiger partial charge in [-0.1, -0.05) is 38.1 Å². The molecule has 1 aliphatic carbocycles. The molecular weight excluding hydrogens is 467 g/mol. The second kappa shape index (κ2) is 9.51. The van der Waals surface area contributed by atoms with Crippen molar-refractivity contribution in [1.82, 2.24) is 20.0 Å². The van der Waals surface area contributed by atoms with Gasteiger partial charge in [0, 0.05) is 23.8 Å². The summed E-state index contributed by atoms with van der Waals surface area (Å²) in [6.45, 7) is 6.72. The number of hydrogen-bond donors (Lipinski definition) is 2. The van der Waals surface area contributed by atoms with Gasteiger partial charge in [-0.25, -0.2) is 9.07 Å². The lowest BCUT2D eigenvalue weighted by atomic mass is 9.96. The Hall–Kier alpha value is -4.50. The van der Waals surface area contributed by atoms with E-state index in [1.807, 2.05) is 0 Å². The van der Waals surface area contributed by atoms with Gasteiger partial charge in [-0.2, -0.15) is 10.5 Å². The summed E-state index contributed by atoms with van der Waals surface area (Å²) in [5, 5.41) is 34.5. The number of halogens is 1. The van der Waals surface area contributed by atoms with Crippen molar-refractivity contribution in [1.29, 1.82) is 10.5 Å². The van der Waals surface area contributed by atoms with E-state index in [1.165, 1.54) is 12.3 Å². The number of hydrogen-bond acceptors (Lipinski definition) is 7. The van der Waals surface area contributed by atoms with Crippen LogP contribution in [0.1, 0.15) is 69.4 Å². The predicted molar refractivity (Wildman–Crippen MR) is 139 cm³/mol. The van der Waals surface area contributed by atoms with E-state index >= 15 is 4.39 Å². The molecule has 37 heavy (non-hydrogen) atoms. The highest BCUT2D eigenvalue weighted by Crippen LogP contribution is 2.36. The van der Waals surface area contributed by atoms with Gasteiger partial charge < -0.3 is 10.6 Å². The third-order valence-electron chi connectivity index (χ3n) is 6.08. The van der Waals surface area contributed by atoms with Gasteiger partial charge in [-0.05, 0) is 48.1 Å². The summed E-state index contributed by atoms with van der Waals surface area (Å²) >= 11 is 0. The molecule has 2 N–H and O–H groups in total. The molecule has 2 heterocycles. The van der Waals surface area contributed by atoms with Crippen LogP contribution in [0.4, 0.5) is 15.8 Å². The van der Waals surface area contributed by atoms with Crippen molar-refractivity contribution in [2.45, 2.75) is 45.7 Å². The van der Waals surface area contributed by atoms with E-state index in [0.717, 1.165) is 12.8 Å². The fourth-order valence-corrected chi connectivity index (χ4v) is 4.04. The molecule has 4 aromatic rings. The summed E-state index contributed by atoms with van der Waals surface area (Å²) in [6.07, 6.45) is 5.08. The van der Waals surface area contributed by atoms with Crippen LogP contribution in [0.5, 0.6) is 0 Å². The second-order valence-corrected chi connectivity index (χ2v) is 10.4. The summed E-state index contributed by atoms with van der Waals surface area (Å²) in [7, 11) is 0. The molecule has 2 aromatic heterocycles. The Labute approximate surface area is 216 Å². The summed E-state index contributed by atoms with van der Waals surface area (Å²) in [5.41, 5.74) is 2.26. The number of rotatable bonds is 7. The second-order valence-electron chi connectivity index (χ2n) is 10.4. The zero-order valence-electron chi connectivity index (χ0n) is 21.9. The highest BCUT2D eigenvalue weighted by Gasteiger charge is 2.27. The smallest absolute Gasteiger partial charge is 0.151 e. The molecule has 0 amide bonds. The first kappa shape index (κ1) is 22.9. The molecule has 5 rings (SSSR count). The highest BCUT2D eigenvalue weighted by molar-refractivity contribution is 5.96. The Morgan fingerprint density at radius 3 is 2.73 bits per heavy atom. The zero-order valence-corrected chi connectivity index (χ0v) is 20.9. The number of benzene rings is 2. The molecule has 1 saturated carbocycles. The first-order chi connectivity index (χ1) is 18.1. The first-order valence-electron chi connectivity index (χ1n) is 12.6. The third kappa shape index (κ3) is 5.22. The van der Waals surface area contributed by atoms with E-state index in [1.54, 1.807) is 41.2 Å². The summed E-state index contributed by atoms with van der Waals surface area (Å²) < 4.78 is 26.7. The minimum Gasteiger partial charge on any atom is -0.383 e. The Morgan fingerprint density at radius 2 is 2.03 bits per heavy atom. The lowest BCUT2D eigenvalue weighted by molar-refractivity contribution is 0.443. The molecule has 0 aliphatic heterocycles. The van der Waals surface area contributed by atoms with Crippen molar-refractivity contribution in [2.75, 3.05) is 17.2 Å². The highest BCUT2D eigenvalue weighted by atomic mass is 19.1. The monoisotopic (exact) mass is 495 g/mol. The maximum absolute atomic E-state index is 15.4. The van der Waals surface area contributed by atoms with Crippen LogP contribution in [-0.2, 0) is 0 Å². The summed E-state index contributed by atoms with van der Waals surface area (Å²) in [4.78, 5) is 4.19. The molecule has 0 radical (unpaired) electrons. The standard InChI is InChI=1S/C28H27FN8/c1-28(2,3)16-33-25-19(13-31)14-32-27-22(25)10-20(11-23(27)29)34-26(18-6-4-5-17(9-18)12-30)24-15-37(36-35-24)21-7-8-21/h4-6,9-11,14-15,21,26,34H,7-8,16H2,1-3H3,(H,32,33)/t26-/m1/s1/i26D. The zero-order chi connectivity index (χ0) is 27.1. The molecule has 1 aliphatic rings. The van der Waals surface area contributed by atoms with Crippen LogP contribution in [0.2, 0.25) is 0 Å². The average Bonchev–Trinajstić information content (AvgIpc) is 3.62. The molecule has 9 heteroatoms. The molecule has 186 valence electrons. The Bertz CT molecular complexity index is 1610. The Kier molecular flexibility index (Phi) is 5.90. The van der Waals surface area contributed by atoms with Crippen molar-refractivity contribution in [3.05, 3.63) is 77.0 Å². The molecule has 1 atom stereocenters. The van der Waals surface area contributed by atoms with Gasteiger partial charge >= 0.3 is 0 Å². The van der Waals surface area contributed by atoms with Crippen molar-refractivity contribution in [3.8, 4) is 12.1 Å². The van der Waals surface area contributed by atoms with Gasteiger partial charge in [0.15, 0.2) is 5.82 Å². The number of fused-ring (bicyclic) bond motifs is 1. The van der Waals surface area contributed by atoms with E-state index in [2.05, 4.69) is 58.8 Å². The quantitative estimate of drug-likeness (QED) is 0.338. The normalized spacial score (nSPS) is 15.4. The lowest BCUT2D eigenvalue weighted by Gasteiger charge is -2.22. The number of aromatic nitrogens is 4. The predicted octanol–water partition coefficient (Wildman–Crippen LogP) is 5.70. The van der Waals surface area contributed by atoms with Gasteiger partial charge in [0.05, 0.1) is 42.5 Å². The summed E-state index contributed by atoms with van der Waals surface area (Å²) in [6, 6.07) is 12.5. The molecule has 8 nitrogen and oxygen atoms in total. The maximum Gasteiger partial charge on any atom is 0.151 e. The minimum absolute atomic E-state index is 0.0911. The van der Waals surface area contributed by atoms with Gasteiger partial charge in [-0.15, -0.1) is 5.10 Å². The Morgan fingerprint density at radius 1 is 1.22 bits per heavy atom. The van der Waals surface area contributed by atoms with Crippen LogP contribution in [-0.4, -0.2) is 26.5 Å². The van der Waals surface area contributed by atoms with E-state index < -0.39 is 11.8 Å². The molecule has 2 aromatic carbocycles. The molecule has 0 saturated heterocycles. The van der Waals surface area contributed by atoms with E-state index in [4.69, 9.17) is 0 Å². The van der Waals surface area contributed by atoms with Crippen molar-refractivity contribution in [3.63, 3.8) is 0 Å². The van der Waals surface area contributed by atoms with Crippen LogP contribution >= 0.6 is 0 Å². The topological polar surface area (TPSA) is 115 Å². The van der Waals surface area contributed by atoms with Crippen LogP contribution in [0.3, 0.4) is 0 Å².